The van der Waals surface area contributed by atoms with E-state index in [9.17, 15) is 9.90 Å². The maximum Gasteiger partial charge on any atom is 0.256 e. The van der Waals surface area contributed by atoms with Crippen LogP contribution in [0.2, 0.25) is 0 Å². The minimum absolute atomic E-state index is 0.127. The molecular formula is C13H10BrNO2. The molecule has 0 saturated heterocycles. The fraction of sp³-hybridized carbons (Fsp3) is 0.154. The van der Waals surface area contributed by atoms with Gasteiger partial charge in [-0.15, -0.1) is 0 Å². The molecule has 0 fully saturated rings. The molecule has 4 heteroatoms. The lowest BCUT2D eigenvalue weighted by molar-refractivity contribution is 0.0307. The molecule has 2 aromatic carbocycles. The number of nitrogens with zero attached hydrogens (tertiary/aromatic N) is 1. The van der Waals surface area contributed by atoms with Gasteiger partial charge in [0.1, 0.15) is 0 Å². The van der Waals surface area contributed by atoms with E-state index in [0.717, 1.165) is 15.2 Å². The Morgan fingerprint density at radius 1 is 1.29 bits per heavy atom. The molecule has 3 rings (SSSR count). The van der Waals surface area contributed by atoms with Crippen molar-refractivity contribution in [2.45, 2.75) is 6.23 Å². The van der Waals surface area contributed by atoms with E-state index in [1.54, 1.807) is 13.1 Å². The highest BCUT2D eigenvalue weighted by Crippen LogP contribution is 2.36. The number of benzene rings is 2. The summed E-state index contributed by atoms with van der Waals surface area (Å²) in [6.45, 7) is 0. The summed E-state index contributed by atoms with van der Waals surface area (Å²) in [6, 6.07) is 9.50. The van der Waals surface area contributed by atoms with Crippen molar-refractivity contribution < 1.29 is 9.90 Å². The molecule has 17 heavy (non-hydrogen) atoms. The Labute approximate surface area is 107 Å². The molecule has 2 aromatic rings. The Kier molecular flexibility index (Phi) is 2.24. The number of rotatable bonds is 0. The van der Waals surface area contributed by atoms with Crippen molar-refractivity contribution in [1.82, 2.24) is 4.90 Å². The maximum absolute atomic E-state index is 11.9. The van der Waals surface area contributed by atoms with Crippen molar-refractivity contribution in [3.05, 3.63) is 45.9 Å². The van der Waals surface area contributed by atoms with E-state index in [1.165, 1.54) is 4.90 Å². The Balaban J connectivity index is 2.38. The zero-order valence-corrected chi connectivity index (χ0v) is 10.7. The SMILES string of the molecule is CN1C(=O)c2ccc3cc(Br)ccc3c2C1O. The van der Waals surface area contributed by atoms with Crippen molar-refractivity contribution >= 4 is 32.6 Å². The largest absolute Gasteiger partial charge is 0.369 e. The van der Waals surface area contributed by atoms with Gasteiger partial charge in [-0.3, -0.25) is 4.79 Å². The van der Waals surface area contributed by atoms with Crippen molar-refractivity contribution in [3.8, 4) is 0 Å². The molecule has 1 N–H and O–H groups in total. The number of hydrogen-bond acceptors (Lipinski definition) is 2. The fourth-order valence-corrected chi connectivity index (χ4v) is 2.66. The van der Waals surface area contributed by atoms with Gasteiger partial charge in [0.2, 0.25) is 0 Å². The van der Waals surface area contributed by atoms with Crippen molar-refractivity contribution in [2.24, 2.45) is 0 Å². The number of halogens is 1. The van der Waals surface area contributed by atoms with Gasteiger partial charge in [-0.1, -0.05) is 28.1 Å². The third-order valence-corrected chi connectivity index (χ3v) is 3.69. The molecule has 0 aliphatic carbocycles. The van der Waals surface area contributed by atoms with Crippen LogP contribution in [0.4, 0.5) is 0 Å². The van der Waals surface area contributed by atoms with Crippen LogP contribution in [-0.2, 0) is 0 Å². The Morgan fingerprint density at radius 2 is 2.06 bits per heavy atom. The first-order valence-corrected chi connectivity index (χ1v) is 6.06. The zero-order chi connectivity index (χ0) is 12.2. The van der Waals surface area contributed by atoms with E-state index in [2.05, 4.69) is 15.9 Å². The zero-order valence-electron chi connectivity index (χ0n) is 9.14. The predicted octanol–water partition coefficient (Wildman–Crippen LogP) is 2.68. The molecule has 1 unspecified atom stereocenters. The summed E-state index contributed by atoms with van der Waals surface area (Å²) < 4.78 is 0.983. The van der Waals surface area contributed by atoms with E-state index in [1.807, 2.05) is 24.3 Å². The first kappa shape index (κ1) is 10.7. The average Bonchev–Trinajstić information content (AvgIpc) is 2.54. The Bertz CT molecular complexity index is 639. The maximum atomic E-state index is 11.9. The molecule has 0 bridgehead atoms. The number of hydrogen-bond donors (Lipinski definition) is 1. The molecule has 0 radical (unpaired) electrons. The van der Waals surface area contributed by atoms with Crippen LogP contribution in [0, 0.1) is 0 Å². The van der Waals surface area contributed by atoms with E-state index < -0.39 is 6.23 Å². The number of fused-ring (bicyclic) bond motifs is 3. The molecular weight excluding hydrogens is 282 g/mol. The average molecular weight is 292 g/mol. The van der Waals surface area contributed by atoms with Gasteiger partial charge in [-0.05, 0) is 29.0 Å². The second-order valence-corrected chi connectivity index (χ2v) is 5.10. The monoisotopic (exact) mass is 291 g/mol. The predicted molar refractivity (Wildman–Crippen MR) is 68.7 cm³/mol. The lowest BCUT2D eigenvalue weighted by Gasteiger charge is -2.14. The number of carbonyl (C=O) groups is 1. The van der Waals surface area contributed by atoms with Gasteiger partial charge in [0.05, 0.1) is 0 Å². The Morgan fingerprint density at radius 3 is 2.82 bits per heavy atom. The van der Waals surface area contributed by atoms with Gasteiger partial charge in [-0.25, -0.2) is 0 Å². The fourth-order valence-electron chi connectivity index (χ4n) is 2.28. The van der Waals surface area contributed by atoms with Gasteiger partial charge in [0.15, 0.2) is 6.23 Å². The molecule has 0 aromatic heterocycles. The highest BCUT2D eigenvalue weighted by molar-refractivity contribution is 9.10. The topological polar surface area (TPSA) is 40.5 Å². The summed E-state index contributed by atoms with van der Waals surface area (Å²) in [5.41, 5.74) is 1.30. The normalized spacial score (nSPS) is 18.9. The van der Waals surface area contributed by atoms with Gasteiger partial charge < -0.3 is 10.0 Å². The van der Waals surface area contributed by atoms with Gasteiger partial charge in [0.25, 0.3) is 5.91 Å². The third-order valence-electron chi connectivity index (χ3n) is 3.20. The van der Waals surface area contributed by atoms with Gasteiger partial charge >= 0.3 is 0 Å². The molecule has 1 atom stereocenters. The lowest BCUT2D eigenvalue weighted by atomic mass is 10.0. The second kappa shape index (κ2) is 3.55. The molecule has 1 aliphatic heterocycles. The van der Waals surface area contributed by atoms with E-state index in [0.29, 0.717) is 11.1 Å². The van der Waals surface area contributed by atoms with Gasteiger partial charge in [-0.2, -0.15) is 0 Å². The summed E-state index contributed by atoms with van der Waals surface area (Å²) in [6.07, 6.45) is -0.845. The van der Waals surface area contributed by atoms with Crippen LogP contribution in [-0.4, -0.2) is 23.0 Å². The van der Waals surface area contributed by atoms with Crippen LogP contribution < -0.4 is 0 Å². The van der Waals surface area contributed by atoms with Crippen molar-refractivity contribution in [2.75, 3.05) is 7.05 Å². The first-order chi connectivity index (χ1) is 8.09. The molecule has 0 spiro atoms. The van der Waals surface area contributed by atoms with Crippen LogP contribution in [0.25, 0.3) is 10.8 Å². The quantitative estimate of drug-likeness (QED) is 0.811. The summed E-state index contributed by atoms with van der Waals surface area (Å²) in [4.78, 5) is 13.2. The molecule has 3 nitrogen and oxygen atoms in total. The third kappa shape index (κ3) is 1.41. The van der Waals surface area contributed by atoms with Crippen LogP contribution in [0.1, 0.15) is 22.1 Å². The second-order valence-electron chi connectivity index (χ2n) is 4.18. The molecule has 1 aliphatic rings. The highest BCUT2D eigenvalue weighted by atomic mass is 79.9. The summed E-state index contributed by atoms with van der Waals surface area (Å²) in [7, 11) is 1.61. The van der Waals surface area contributed by atoms with Gasteiger partial charge in [0, 0.05) is 22.6 Å². The molecule has 0 saturated carbocycles. The molecule has 1 heterocycles. The lowest BCUT2D eigenvalue weighted by Crippen LogP contribution is -2.22. The summed E-state index contributed by atoms with van der Waals surface area (Å²) >= 11 is 3.41. The van der Waals surface area contributed by atoms with E-state index >= 15 is 0 Å². The molecule has 86 valence electrons. The Hall–Kier alpha value is -1.39. The van der Waals surface area contributed by atoms with Crippen LogP contribution in [0.5, 0.6) is 0 Å². The summed E-state index contributed by atoms with van der Waals surface area (Å²) in [5, 5.41) is 12.0. The number of aliphatic hydroxyl groups excluding tert-OH is 1. The molecule has 1 amide bonds. The van der Waals surface area contributed by atoms with Crippen LogP contribution in [0.3, 0.4) is 0 Å². The number of aliphatic hydroxyl groups is 1. The number of carbonyl (C=O) groups excluding carboxylic acids is 1. The standard InChI is InChI=1S/C13H10BrNO2/c1-15-12(16)10-4-2-7-6-8(14)3-5-9(7)11(10)13(15)17/h2-6,13,17H,1H3. The highest BCUT2D eigenvalue weighted by Gasteiger charge is 2.33. The summed E-state index contributed by atoms with van der Waals surface area (Å²) in [5.74, 6) is -0.127. The smallest absolute Gasteiger partial charge is 0.256 e. The minimum Gasteiger partial charge on any atom is -0.369 e. The number of amides is 1. The minimum atomic E-state index is -0.845. The van der Waals surface area contributed by atoms with Crippen molar-refractivity contribution in [3.63, 3.8) is 0 Å². The van der Waals surface area contributed by atoms with Crippen LogP contribution in [0.15, 0.2) is 34.8 Å². The van der Waals surface area contributed by atoms with E-state index in [4.69, 9.17) is 0 Å². The first-order valence-electron chi connectivity index (χ1n) is 5.27. The van der Waals surface area contributed by atoms with E-state index in [-0.39, 0.29) is 5.91 Å². The van der Waals surface area contributed by atoms with Crippen molar-refractivity contribution in [1.29, 1.82) is 0 Å². The van der Waals surface area contributed by atoms with Crippen LogP contribution >= 0.6 is 15.9 Å².